The number of carbonyl (C=O) groups is 1. The zero-order valence-corrected chi connectivity index (χ0v) is 15.1. The highest BCUT2D eigenvalue weighted by atomic mass is 32.2. The predicted molar refractivity (Wildman–Crippen MR) is 93.8 cm³/mol. The summed E-state index contributed by atoms with van der Waals surface area (Å²) in [5.41, 5.74) is 0.508. The minimum Gasteiger partial charge on any atom is -0.395 e. The summed E-state index contributed by atoms with van der Waals surface area (Å²) in [6.45, 7) is 0. The first-order valence-corrected chi connectivity index (χ1v) is 9.33. The van der Waals surface area contributed by atoms with E-state index in [4.69, 9.17) is 4.42 Å². The van der Waals surface area contributed by atoms with Gasteiger partial charge in [0.2, 0.25) is 10.0 Å². The Labute approximate surface area is 151 Å². The number of anilines is 1. The number of nitrogens with one attached hydrogen (secondary N) is 1. The molecule has 0 aliphatic heterocycles. The van der Waals surface area contributed by atoms with Gasteiger partial charge in [-0.3, -0.25) is 20.2 Å². The van der Waals surface area contributed by atoms with Crippen LogP contribution in [0, 0.1) is 10.1 Å². The number of furan rings is 1. The average Bonchev–Trinajstić information content (AvgIpc) is 3.20. The van der Waals surface area contributed by atoms with Crippen molar-refractivity contribution in [2.24, 2.45) is 0 Å². The fraction of sp³-hybridized carbons (Fsp3) is 0.143. The minimum absolute atomic E-state index is 0.109. The number of fused-ring (bicyclic) bond motifs is 1. The largest absolute Gasteiger partial charge is 0.433 e. The molecule has 10 nitrogen and oxygen atoms in total. The quantitative estimate of drug-likeness (QED) is 0.516. The Morgan fingerprint density at radius 1 is 1.31 bits per heavy atom. The van der Waals surface area contributed by atoms with Crippen molar-refractivity contribution in [3.63, 3.8) is 0 Å². The van der Waals surface area contributed by atoms with Gasteiger partial charge in [0, 0.05) is 14.1 Å². The third-order valence-corrected chi connectivity index (χ3v) is 6.10. The van der Waals surface area contributed by atoms with Gasteiger partial charge in [-0.15, -0.1) is 0 Å². The van der Waals surface area contributed by atoms with Crippen molar-refractivity contribution in [1.82, 2.24) is 9.29 Å². The van der Waals surface area contributed by atoms with Gasteiger partial charge in [0.25, 0.3) is 5.91 Å². The van der Waals surface area contributed by atoms with Gasteiger partial charge in [0.1, 0.15) is 4.92 Å². The van der Waals surface area contributed by atoms with Crippen LogP contribution in [0.4, 0.5) is 11.0 Å². The van der Waals surface area contributed by atoms with Crippen molar-refractivity contribution in [2.45, 2.75) is 4.90 Å². The van der Waals surface area contributed by atoms with Gasteiger partial charge in [-0.25, -0.2) is 17.7 Å². The Balaban J connectivity index is 1.87. The number of nitro groups is 1. The summed E-state index contributed by atoms with van der Waals surface area (Å²) in [5.74, 6) is -1.47. The van der Waals surface area contributed by atoms with Crippen LogP contribution in [0.25, 0.3) is 10.2 Å². The highest BCUT2D eigenvalue weighted by Crippen LogP contribution is 2.29. The maximum atomic E-state index is 12.2. The third-order valence-electron chi connectivity index (χ3n) is 3.35. The molecule has 0 atom stereocenters. The molecular formula is C14H12N4O6S2. The van der Waals surface area contributed by atoms with E-state index in [1.54, 1.807) is 0 Å². The molecule has 0 unspecified atom stereocenters. The van der Waals surface area contributed by atoms with Crippen LogP contribution in [0.15, 0.2) is 39.6 Å². The maximum Gasteiger partial charge on any atom is 0.433 e. The SMILES string of the molecule is CN(C)S(=O)(=O)c1ccc2nc(NC(=O)c3ccc([N+](=O)[O-])o3)sc2c1. The molecule has 0 fully saturated rings. The summed E-state index contributed by atoms with van der Waals surface area (Å²) in [5, 5.41) is 13.3. The molecule has 1 N–H and O–H groups in total. The van der Waals surface area contributed by atoms with Crippen molar-refractivity contribution in [3.8, 4) is 0 Å². The summed E-state index contributed by atoms with van der Waals surface area (Å²) < 4.78 is 30.8. The Bertz CT molecular complexity index is 1120. The fourth-order valence-corrected chi connectivity index (χ4v) is 3.94. The van der Waals surface area contributed by atoms with Crippen molar-refractivity contribution in [1.29, 1.82) is 0 Å². The highest BCUT2D eigenvalue weighted by Gasteiger charge is 2.20. The molecule has 3 rings (SSSR count). The van der Waals surface area contributed by atoms with E-state index in [1.807, 2.05) is 0 Å². The Morgan fingerprint density at radius 3 is 2.65 bits per heavy atom. The normalized spacial score (nSPS) is 11.8. The van der Waals surface area contributed by atoms with E-state index >= 15 is 0 Å². The second-order valence-corrected chi connectivity index (χ2v) is 8.47. The lowest BCUT2D eigenvalue weighted by Crippen LogP contribution is -2.22. The number of hydrogen-bond donors (Lipinski definition) is 1. The number of hydrogen-bond acceptors (Lipinski definition) is 8. The Morgan fingerprint density at radius 2 is 2.04 bits per heavy atom. The molecule has 0 aliphatic carbocycles. The van der Waals surface area contributed by atoms with Crippen LogP contribution < -0.4 is 5.32 Å². The maximum absolute atomic E-state index is 12.2. The molecule has 136 valence electrons. The second kappa shape index (κ2) is 6.48. The molecule has 0 saturated carbocycles. The molecule has 26 heavy (non-hydrogen) atoms. The first-order chi connectivity index (χ1) is 12.2. The lowest BCUT2D eigenvalue weighted by Gasteiger charge is -2.10. The first kappa shape index (κ1) is 18.0. The van der Waals surface area contributed by atoms with E-state index in [-0.39, 0.29) is 15.8 Å². The number of nitrogens with zero attached hydrogens (tertiary/aromatic N) is 3. The van der Waals surface area contributed by atoms with E-state index in [0.29, 0.717) is 10.2 Å². The van der Waals surface area contributed by atoms with Gasteiger partial charge in [0.05, 0.1) is 21.2 Å². The molecule has 2 heterocycles. The molecule has 2 aromatic heterocycles. The van der Waals surface area contributed by atoms with Crippen LogP contribution >= 0.6 is 11.3 Å². The zero-order chi connectivity index (χ0) is 19.1. The van der Waals surface area contributed by atoms with Crippen LogP contribution in [0.5, 0.6) is 0 Å². The van der Waals surface area contributed by atoms with Crippen LogP contribution in [-0.4, -0.2) is 42.6 Å². The Hall–Kier alpha value is -2.83. The monoisotopic (exact) mass is 396 g/mol. The van der Waals surface area contributed by atoms with Gasteiger partial charge in [-0.05, 0) is 24.3 Å². The topological polar surface area (TPSA) is 136 Å². The smallest absolute Gasteiger partial charge is 0.395 e. The summed E-state index contributed by atoms with van der Waals surface area (Å²) in [6.07, 6.45) is 0. The Kier molecular flexibility index (Phi) is 4.48. The highest BCUT2D eigenvalue weighted by molar-refractivity contribution is 7.89. The molecular weight excluding hydrogens is 384 g/mol. The minimum atomic E-state index is -3.58. The van der Waals surface area contributed by atoms with Crippen LogP contribution in [0.1, 0.15) is 10.6 Å². The van der Waals surface area contributed by atoms with Crippen molar-refractivity contribution < 1.29 is 22.6 Å². The zero-order valence-electron chi connectivity index (χ0n) is 13.5. The van der Waals surface area contributed by atoms with Gasteiger partial charge in [-0.1, -0.05) is 11.3 Å². The lowest BCUT2D eigenvalue weighted by molar-refractivity contribution is -0.402. The van der Waals surface area contributed by atoms with Crippen LogP contribution in [-0.2, 0) is 10.0 Å². The standard InChI is InChI=1S/C14H12N4O6S2/c1-17(2)26(22,23)8-3-4-9-11(7-8)25-14(15-9)16-13(19)10-5-6-12(24-10)18(20)21/h3-7H,1-2H3,(H,15,16,19). The van der Waals surface area contributed by atoms with Gasteiger partial charge >= 0.3 is 5.88 Å². The molecule has 0 saturated heterocycles. The molecule has 0 radical (unpaired) electrons. The number of rotatable bonds is 5. The van der Waals surface area contributed by atoms with Gasteiger partial charge < -0.3 is 4.42 Å². The van der Waals surface area contributed by atoms with E-state index in [2.05, 4.69) is 10.3 Å². The summed E-state index contributed by atoms with van der Waals surface area (Å²) in [7, 11) is -0.723. The molecule has 1 amide bonds. The van der Waals surface area contributed by atoms with Gasteiger partial charge in [0.15, 0.2) is 10.9 Å². The van der Waals surface area contributed by atoms with Crippen LogP contribution in [0.2, 0.25) is 0 Å². The molecule has 12 heteroatoms. The van der Waals surface area contributed by atoms with E-state index in [0.717, 1.165) is 21.7 Å². The third kappa shape index (κ3) is 3.29. The summed E-state index contributed by atoms with van der Waals surface area (Å²) in [6, 6.07) is 6.69. The summed E-state index contributed by atoms with van der Waals surface area (Å²) in [4.78, 5) is 26.2. The molecule has 3 aromatic rings. The van der Waals surface area contributed by atoms with E-state index < -0.39 is 26.7 Å². The average molecular weight is 396 g/mol. The summed E-state index contributed by atoms with van der Waals surface area (Å²) >= 11 is 1.07. The number of thiazole rings is 1. The van der Waals surface area contributed by atoms with Gasteiger partial charge in [-0.2, -0.15) is 0 Å². The molecule has 1 aromatic carbocycles. The van der Waals surface area contributed by atoms with Crippen LogP contribution in [0.3, 0.4) is 0 Å². The van der Waals surface area contributed by atoms with E-state index in [1.165, 1.54) is 38.4 Å². The molecule has 0 spiro atoms. The van der Waals surface area contributed by atoms with Crippen molar-refractivity contribution >= 4 is 48.5 Å². The fourth-order valence-electron chi connectivity index (χ4n) is 2.04. The molecule has 0 bridgehead atoms. The number of carbonyl (C=O) groups excluding carboxylic acids is 1. The number of amides is 1. The van der Waals surface area contributed by atoms with Crippen molar-refractivity contribution in [2.75, 3.05) is 19.4 Å². The lowest BCUT2D eigenvalue weighted by atomic mass is 10.3. The second-order valence-electron chi connectivity index (χ2n) is 5.29. The molecule has 0 aliphatic rings. The number of benzene rings is 1. The number of aromatic nitrogens is 1. The van der Waals surface area contributed by atoms with Crippen molar-refractivity contribution in [3.05, 3.63) is 46.2 Å². The first-order valence-electron chi connectivity index (χ1n) is 7.07. The number of sulfonamides is 1. The van der Waals surface area contributed by atoms with E-state index in [9.17, 15) is 23.3 Å². The predicted octanol–water partition coefficient (Wildman–Crippen LogP) is 2.30.